The second-order valence-electron chi connectivity index (χ2n) is 5.13. The molecule has 0 saturated heterocycles. The number of nitrogens with two attached hydrogens (primary N) is 1. The molecule has 1 saturated carbocycles. The van der Waals surface area contributed by atoms with E-state index in [-0.39, 0.29) is 0 Å². The minimum Gasteiger partial charge on any atom is -0.379 e. The van der Waals surface area contributed by atoms with Crippen LogP contribution in [0.15, 0.2) is 12.2 Å². The van der Waals surface area contributed by atoms with Crippen molar-refractivity contribution in [3.63, 3.8) is 0 Å². The zero-order valence-electron chi connectivity index (χ0n) is 11.1. The predicted octanol–water partition coefficient (Wildman–Crippen LogP) is 1.21. The first-order valence-electron chi connectivity index (χ1n) is 7.01. The van der Waals surface area contributed by atoms with Crippen molar-refractivity contribution in [2.75, 3.05) is 46.2 Å². The topological polar surface area (TPSA) is 53.7 Å². The average Bonchev–Trinajstić information content (AvgIpc) is 2.99. The number of hydrogen-bond donors (Lipinski definition) is 1. The van der Waals surface area contributed by atoms with Crippen LogP contribution in [0.25, 0.3) is 0 Å². The highest BCUT2D eigenvalue weighted by Gasteiger charge is 2.35. The van der Waals surface area contributed by atoms with Gasteiger partial charge in [0.25, 0.3) is 0 Å². The number of rotatable bonds is 10. The van der Waals surface area contributed by atoms with E-state index in [0.29, 0.717) is 39.6 Å². The summed E-state index contributed by atoms with van der Waals surface area (Å²) in [5.74, 6) is 2.35. The van der Waals surface area contributed by atoms with E-state index in [1.54, 1.807) is 0 Å². The zero-order chi connectivity index (χ0) is 12.6. The van der Waals surface area contributed by atoms with Crippen LogP contribution >= 0.6 is 0 Å². The van der Waals surface area contributed by atoms with Gasteiger partial charge in [-0.3, -0.25) is 0 Å². The summed E-state index contributed by atoms with van der Waals surface area (Å²) in [6.45, 7) is 4.66. The molecule has 0 aromatic carbocycles. The molecular formula is C14H25NO3. The quantitative estimate of drug-likeness (QED) is 0.471. The average molecular weight is 255 g/mol. The van der Waals surface area contributed by atoms with Crippen LogP contribution in [0.3, 0.4) is 0 Å². The molecular weight excluding hydrogens is 230 g/mol. The van der Waals surface area contributed by atoms with Crippen LogP contribution in [-0.2, 0) is 14.2 Å². The molecule has 0 radical (unpaired) electrons. The zero-order valence-corrected chi connectivity index (χ0v) is 11.1. The fourth-order valence-electron chi connectivity index (χ4n) is 2.84. The highest BCUT2D eigenvalue weighted by molar-refractivity contribution is 5.09. The molecule has 18 heavy (non-hydrogen) atoms. The lowest BCUT2D eigenvalue weighted by Crippen LogP contribution is -2.17. The predicted molar refractivity (Wildman–Crippen MR) is 70.4 cm³/mol. The van der Waals surface area contributed by atoms with E-state index in [2.05, 4.69) is 12.2 Å². The number of fused-ring (bicyclic) bond motifs is 2. The standard InChI is InChI=1S/C14H25NO3/c15-3-4-16-5-6-17-7-8-18-11-14-10-12-1-2-13(14)9-12/h1-2,12-14H,3-11,15H2/t12-,13-,14-/m1/s1. The Hall–Kier alpha value is -0.420. The Kier molecular flexibility index (Phi) is 6.14. The van der Waals surface area contributed by atoms with Crippen molar-refractivity contribution in [3.8, 4) is 0 Å². The summed E-state index contributed by atoms with van der Waals surface area (Å²) in [5.41, 5.74) is 5.30. The van der Waals surface area contributed by atoms with Crippen LogP contribution in [0.1, 0.15) is 12.8 Å². The summed E-state index contributed by atoms with van der Waals surface area (Å²) in [5, 5.41) is 0. The maximum absolute atomic E-state index is 5.68. The van der Waals surface area contributed by atoms with E-state index in [1.165, 1.54) is 12.8 Å². The molecule has 2 aliphatic rings. The molecule has 104 valence electrons. The maximum atomic E-state index is 5.68. The van der Waals surface area contributed by atoms with Crippen LogP contribution in [0.4, 0.5) is 0 Å². The van der Waals surface area contributed by atoms with Crippen molar-refractivity contribution < 1.29 is 14.2 Å². The Morgan fingerprint density at radius 3 is 2.22 bits per heavy atom. The molecule has 2 rings (SSSR count). The Bertz CT molecular complexity index is 257. The van der Waals surface area contributed by atoms with Gasteiger partial charge in [-0.15, -0.1) is 0 Å². The summed E-state index contributed by atoms with van der Waals surface area (Å²) in [6.07, 6.45) is 7.40. The van der Waals surface area contributed by atoms with Gasteiger partial charge < -0.3 is 19.9 Å². The molecule has 0 heterocycles. The van der Waals surface area contributed by atoms with Crippen molar-refractivity contribution in [2.24, 2.45) is 23.5 Å². The van der Waals surface area contributed by atoms with Crippen molar-refractivity contribution in [3.05, 3.63) is 12.2 Å². The first kappa shape index (κ1) is 14.0. The Morgan fingerprint density at radius 2 is 1.61 bits per heavy atom. The van der Waals surface area contributed by atoms with Crippen LogP contribution in [0, 0.1) is 17.8 Å². The van der Waals surface area contributed by atoms with Gasteiger partial charge in [0.2, 0.25) is 0 Å². The molecule has 4 heteroatoms. The second kappa shape index (κ2) is 7.89. The first-order chi connectivity index (χ1) is 8.90. The van der Waals surface area contributed by atoms with Gasteiger partial charge in [-0.05, 0) is 30.6 Å². The van der Waals surface area contributed by atoms with Gasteiger partial charge in [-0.2, -0.15) is 0 Å². The Morgan fingerprint density at radius 1 is 0.889 bits per heavy atom. The smallest absolute Gasteiger partial charge is 0.0701 e. The van der Waals surface area contributed by atoms with Gasteiger partial charge in [0.05, 0.1) is 39.6 Å². The normalized spacial score (nSPS) is 29.3. The lowest BCUT2D eigenvalue weighted by Gasteiger charge is -2.17. The minimum atomic E-state index is 0.571. The van der Waals surface area contributed by atoms with Crippen molar-refractivity contribution in [1.29, 1.82) is 0 Å². The van der Waals surface area contributed by atoms with Crippen LogP contribution in [0.5, 0.6) is 0 Å². The van der Waals surface area contributed by atoms with E-state index < -0.39 is 0 Å². The summed E-state index contributed by atoms with van der Waals surface area (Å²) in [7, 11) is 0. The molecule has 2 N–H and O–H groups in total. The van der Waals surface area contributed by atoms with Crippen LogP contribution in [0.2, 0.25) is 0 Å². The van der Waals surface area contributed by atoms with Crippen LogP contribution < -0.4 is 5.73 Å². The summed E-state index contributed by atoms with van der Waals surface area (Å²) >= 11 is 0. The molecule has 2 bridgehead atoms. The third-order valence-electron chi connectivity index (χ3n) is 3.75. The second-order valence-corrected chi connectivity index (χ2v) is 5.13. The van der Waals surface area contributed by atoms with Gasteiger partial charge in [-0.1, -0.05) is 12.2 Å². The molecule has 3 atom stereocenters. The third-order valence-corrected chi connectivity index (χ3v) is 3.75. The highest BCUT2D eigenvalue weighted by atomic mass is 16.5. The Balaban J connectivity index is 1.37. The lowest BCUT2D eigenvalue weighted by atomic mass is 9.95. The summed E-state index contributed by atoms with van der Waals surface area (Å²) in [4.78, 5) is 0. The SMILES string of the molecule is NCCOCCOCCOC[C@H]1C[C@@H]2C=C[C@@H]1C2. The highest BCUT2D eigenvalue weighted by Crippen LogP contribution is 2.43. The van der Waals surface area contributed by atoms with E-state index >= 15 is 0 Å². The molecule has 2 aliphatic carbocycles. The molecule has 0 spiro atoms. The molecule has 4 nitrogen and oxygen atoms in total. The van der Waals surface area contributed by atoms with Gasteiger partial charge in [0.1, 0.15) is 0 Å². The number of allylic oxidation sites excluding steroid dienone is 2. The molecule has 0 aliphatic heterocycles. The summed E-state index contributed by atoms with van der Waals surface area (Å²) in [6, 6.07) is 0. The van der Waals surface area contributed by atoms with Crippen LogP contribution in [-0.4, -0.2) is 46.2 Å². The molecule has 1 fully saturated rings. The minimum absolute atomic E-state index is 0.571. The van der Waals surface area contributed by atoms with Crippen molar-refractivity contribution in [1.82, 2.24) is 0 Å². The van der Waals surface area contributed by atoms with Crippen molar-refractivity contribution >= 4 is 0 Å². The molecule has 0 unspecified atom stereocenters. The first-order valence-corrected chi connectivity index (χ1v) is 7.01. The number of ether oxygens (including phenoxy) is 3. The fraction of sp³-hybridized carbons (Fsp3) is 0.857. The lowest BCUT2D eigenvalue weighted by molar-refractivity contribution is 0.00649. The summed E-state index contributed by atoms with van der Waals surface area (Å²) < 4.78 is 16.3. The Labute approximate surface area is 109 Å². The van der Waals surface area contributed by atoms with Crippen molar-refractivity contribution in [2.45, 2.75) is 12.8 Å². The van der Waals surface area contributed by atoms with Gasteiger partial charge in [0, 0.05) is 6.54 Å². The van der Waals surface area contributed by atoms with E-state index in [4.69, 9.17) is 19.9 Å². The monoisotopic (exact) mass is 255 g/mol. The van der Waals surface area contributed by atoms with E-state index in [1.807, 2.05) is 0 Å². The fourth-order valence-corrected chi connectivity index (χ4v) is 2.84. The molecule has 0 aromatic rings. The number of hydrogen-bond acceptors (Lipinski definition) is 4. The third kappa shape index (κ3) is 4.35. The molecule has 0 amide bonds. The van der Waals surface area contributed by atoms with Gasteiger partial charge in [0.15, 0.2) is 0 Å². The molecule has 0 aromatic heterocycles. The van der Waals surface area contributed by atoms with Gasteiger partial charge in [-0.25, -0.2) is 0 Å². The van der Waals surface area contributed by atoms with E-state index in [0.717, 1.165) is 24.4 Å². The maximum Gasteiger partial charge on any atom is 0.0701 e. The largest absolute Gasteiger partial charge is 0.379 e. The van der Waals surface area contributed by atoms with E-state index in [9.17, 15) is 0 Å². The van der Waals surface area contributed by atoms with Gasteiger partial charge >= 0.3 is 0 Å².